The third-order valence-electron chi connectivity index (χ3n) is 3.13. The molecule has 0 spiro atoms. The average Bonchev–Trinajstić information content (AvgIpc) is 2.48. The third kappa shape index (κ3) is 4.80. The van der Waals surface area contributed by atoms with Gasteiger partial charge in [-0.05, 0) is 43.5 Å². The highest BCUT2D eigenvalue weighted by atomic mass is 16.1. The van der Waals surface area contributed by atoms with Crippen molar-refractivity contribution in [1.29, 1.82) is 0 Å². The number of anilines is 3. The molecule has 0 atom stereocenters. The second kappa shape index (κ2) is 7.49. The topological polar surface area (TPSA) is 79.8 Å². The van der Waals surface area contributed by atoms with Crippen LogP contribution in [0.3, 0.4) is 0 Å². The van der Waals surface area contributed by atoms with Crippen LogP contribution in [0.25, 0.3) is 0 Å². The number of rotatable bonds is 7. The number of hydrogen-bond acceptors (Lipinski definition) is 6. The van der Waals surface area contributed by atoms with Crippen LogP contribution in [0.4, 0.5) is 17.5 Å². The van der Waals surface area contributed by atoms with Crippen LogP contribution in [0.2, 0.25) is 0 Å². The predicted octanol–water partition coefficient (Wildman–Crippen LogP) is 3.28. The molecule has 0 fully saturated rings. The first-order valence-corrected chi connectivity index (χ1v) is 7.36. The first-order valence-electron chi connectivity index (χ1n) is 7.36. The summed E-state index contributed by atoms with van der Waals surface area (Å²) >= 11 is 0. The lowest BCUT2D eigenvalue weighted by atomic mass is 10.1. The lowest BCUT2D eigenvalue weighted by molar-refractivity contribution is 0.101. The molecular formula is C16H21N5O. The summed E-state index contributed by atoms with van der Waals surface area (Å²) in [5.74, 6) is 1.79. The van der Waals surface area contributed by atoms with Crippen LogP contribution < -0.4 is 10.6 Å². The van der Waals surface area contributed by atoms with Gasteiger partial charge in [0.1, 0.15) is 0 Å². The van der Waals surface area contributed by atoms with Gasteiger partial charge in [0.25, 0.3) is 0 Å². The van der Waals surface area contributed by atoms with Crippen molar-refractivity contribution in [2.45, 2.75) is 27.2 Å². The minimum Gasteiger partial charge on any atom is -0.353 e. The number of ketones is 1. The summed E-state index contributed by atoms with van der Waals surface area (Å²) in [5.41, 5.74) is 1.53. The summed E-state index contributed by atoms with van der Waals surface area (Å²) in [5, 5.41) is 14.2. The number of aromatic nitrogens is 3. The zero-order valence-corrected chi connectivity index (χ0v) is 13.1. The van der Waals surface area contributed by atoms with Gasteiger partial charge in [-0.3, -0.25) is 4.79 Å². The molecule has 0 aliphatic carbocycles. The molecule has 0 saturated heterocycles. The van der Waals surface area contributed by atoms with E-state index in [1.807, 2.05) is 12.1 Å². The molecule has 116 valence electrons. The van der Waals surface area contributed by atoms with Crippen LogP contribution in [-0.2, 0) is 0 Å². The highest BCUT2D eigenvalue weighted by Crippen LogP contribution is 2.15. The van der Waals surface area contributed by atoms with E-state index in [-0.39, 0.29) is 5.78 Å². The Bertz CT molecular complexity index is 625. The number of nitrogens with one attached hydrogen (secondary N) is 2. The van der Waals surface area contributed by atoms with E-state index in [0.717, 1.165) is 18.7 Å². The minimum absolute atomic E-state index is 0.0480. The molecule has 6 heteroatoms. The van der Waals surface area contributed by atoms with Gasteiger partial charge in [0.05, 0.1) is 6.20 Å². The molecule has 6 nitrogen and oxygen atoms in total. The van der Waals surface area contributed by atoms with E-state index in [9.17, 15) is 4.79 Å². The monoisotopic (exact) mass is 299 g/mol. The molecular weight excluding hydrogens is 278 g/mol. The van der Waals surface area contributed by atoms with E-state index in [0.29, 0.717) is 23.2 Å². The maximum atomic E-state index is 11.2. The number of Topliss-reactive ketones (excluding diaryl/α,β-unsaturated/α-hetero) is 1. The van der Waals surface area contributed by atoms with Gasteiger partial charge in [-0.15, -0.1) is 5.10 Å². The van der Waals surface area contributed by atoms with Crippen molar-refractivity contribution in [3.8, 4) is 0 Å². The van der Waals surface area contributed by atoms with Crippen molar-refractivity contribution >= 4 is 23.2 Å². The maximum absolute atomic E-state index is 11.2. The molecule has 0 radical (unpaired) electrons. The molecule has 0 aliphatic rings. The Morgan fingerprint density at radius 1 is 1.23 bits per heavy atom. The zero-order valence-electron chi connectivity index (χ0n) is 13.1. The summed E-state index contributed by atoms with van der Waals surface area (Å²) < 4.78 is 0. The summed E-state index contributed by atoms with van der Waals surface area (Å²) in [4.78, 5) is 15.6. The van der Waals surface area contributed by atoms with Gasteiger partial charge in [-0.1, -0.05) is 13.8 Å². The van der Waals surface area contributed by atoms with Crippen molar-refractivity contribution < 1.29 is 4.79 Å². The predicted molar refractivity (Wildman–Crippen MR) is 87.5 cm³/mol. The van der Waals surface area contributed by atoms with Gasteiger partial charge >= 0.3 is 0 Å². The van der Waals surface area contributed by atoms with Crippen molar-refractivity contribution in [2.75, 3.05) is 17.2 Å². The lowest BCUT2D eigenvalue weighted by Crippen LogP contribution is -2.09. The van der Waals surface area contributed by atoms with Gasteiger partial charge in [-0.25, -0.2) is 0 Å². The molecule has 22 heavy (non-hydrogen) atoms. The zero-order chi connectivity index (χ0) is 15.9. The standard InChI is InChI=1S/C16H21N5O/c1-11(2)8-9-17-16-20-15(10-18-21-16)19-14-6-4-13(5-7-14)12(3)22/h4-7,10-11H,8-9H2,1-3H3,(H2,17,19,20,21). The fourth-order valence-electron chi connectivity index (χ4n) is 1.85. The second-order valence-electron chi connectivity index (χ2n) is 5.53. The number of carbonyl (C=O) groups excluding carboxylic acids is 1. The van der Waals surface area contributed by atoms with Crippen molar-refractivity contribution in [1.82, 2.24) is 15.2 Å². The first-order chi connectivity index (χ1) is 10.5. The summed E-state index contributed by atoms with van der Waals surface area (Å²) in [7, 11) is 0. The van der Waals surface area contributed by atoms with Crippen molar-refractivity contribution in [2.24, 2.45) is 5.92 Å². The largest absolute Gasteiger partial charge is 0.353 e. The van der Waals surface area contributed by atoms with E-state index < -0.39 is 0 Å². The molecule has 1 aromatic carbocycles. The number of benzene rings is 1. The first kappa shape index (κ1) is 15.9. The van der Waals surface area contributed by atoms with E-state index in [1.54, 1.807) is 25.3 Å². The Kier molecular flexibility index (Phi) is 5.41. The smallest absolute Gasteiger partial charge is 0.244 e. The van der Waals surface area contributed by atoms with Crippen LogP contribution in [0, 0.1) is 5.92 Å². The molecule has 1 heterocycles. The molecule has 2 rings (SSSR count). The molecule has 0 amide bonds. The van der Waals surface area contributed by atoms with Crippen molar-refractivity contribution in [3.05, 3.63) is 36.0 Å². The molecule has 2 aromatic rings. The van der Waals surface area contributed by atoms with Gasteiger partial charge in [0, 0.05) is 17.8 Å². The van der Waals surface area contributed by atoms with Crippen LogP contribution in [0.15, 0.2) is 30.5 Å². The van der Waals surface area contributed by atoms with Crippen LogP contribution in [-0.4, -0.2) is 27.5 Å². The normalized spacial score (nSPS) is 10.5. The summed E-state index contributed by atoms with van der Waals surface area (Å²) in [6, 6.07) is 7.23. The Hall–Kier alpha value is -2.50. The third-order valence-corrected chi connectivity index (χ3v) is 3.13. The highest BCUT2D eigenvalue weighted by Gasteiger charge is 2.03. The number of carbonyl (C=O) groups is 1. The summed E-state index contributed by atoms with van der Waals surface area (Å²) in [6.45, 7) is 6.70. The van der Waals surface area contributed by atoms with Gasteiger partial charge < -0.3 is 10.6 Å². The Labute approximate surface area is 130 Å². The van der Waals surface area contributed by atoms with Crippen molar-refractivity contribution in [3.63, 3.8) is 0 Å². The molecule has 0 bridgehead atoms. The lowest BCUT2D eigenvalue weighted by Gasteiger charge is -2.09. The fourth-order valence-corrected chi connectivity index (χ4v) is 1.85. The highest BCUT2D eigenvalue weighted by molar-refractivity contribution is 5.94. The van der Waals surface area contributed by atoms with Crippen LogP contribution in [0.5, 0.6) is 0 Å². The fraction of sp³-hybridized carbons (Fsp3) is 0.375. The second-order valence-corrected chi connectivity index (χ2v) is 5.53. The summed E-state index contributed by atoms with van der Waals surface area (Å²) in [6.07, 6.45) is 2.61. The SMILES string of the molecule is CC(=O)c1ccc(Nc2cnnc(NCCC(C)C)n2)cc1. The van der Waals surface area contributed by atoms with E-state index in [1.165, 1.54) is 0 Å². The van der Waals surface area contributed by atoms with E-state index in [4.69, 9.17) is 0 Å². The van der Waals surface area contributed by atoms with Crippen LogP contribution >= 0.6 is 0 Å². The van der Waals surface area contributed by atoms with E-state index in [2.05, 4.69) is 39.7 Å². The van der Waals surface area contributed by atoms with Gasteiger partial charge in [0.2, 0.25) is 5.95 Å². The Balaban J connectivity index is 1.99. The maximum Gasteiger partial charge on any atom is 0.244 e. The molecule has 0 unspecified atom stereocenters. The van der Waals surface area contributed by atoms with Gasteiger partial charge in [0.15, 0.2) is 11.6 Å². The molecule has 0 aliphatic heterocycles. The minimum atomic E-state index is 0.0480. The average molecular weight is 299 g/mol. The molecule has 2 N–H and O–H groups in total. The molecule has 1 aromatic heterocycles. The number of nitrogens with zero attached hydrogens (tertiary/aromatic N) is 3. The Morgan fingerprint density at radius 2 is 1.95 bits per heavy atom. The van der Waals surface area contributed by atoms with E-state index >= 15 is 0 Å². The van der Waals surface area contributed by atoms with Gasteiger partial charge in [-0.2, -0.15) is 10.1 Å². The molecule has 0 saturated carbocycles. The quantitative estimate of drug-likeness (QED) is 0.764. The number of hydrogen-bond donors (Lipinski definition) is 2. The van der Waals surface area contributed by atoms with Crippen LogP contribution in [0.1, 0.15) is 37.6 Å². The Morgan fingerprint density at radius 3 is 2.59 bits per heavy atom.